The minimum atomic E-state index is -1.08. The van der Waals surface area contributed by atoms with Gasteiger partial charge in [-0.3, -0.25) is 14.9 Å². The number of nitrogen functional groups attached to an aromatic ring is 2. The quantitative estimate of drug-likeness (QED) is 0.147. The van der Waals surface area contributed by atoms with Crippen LogP contribution in [0, 0.1) is 5.92 Å². The highest BCUT2D eigenvalue weighted by Gasteiger charge is 2.47. The van der Waals surface area contributed by atoms with Crippen LogP contribution < -0.4 is 27.8 Å². The second-order valence-corrected chi connectivity index (χ2v) is 10.1. The number of nitrogens with zero attached hydrogens (tertiary/aromatic N) is 4. The highest BCUT2D eigenvalue weighted by atomic mass is 35.5. The summed E-state index contributed by atoms with van der Waals surface area (Å²) in [5.41, 5.74) is 17.9. The summed E-state index contributed by atoms with van der Waals surface area (Å²) in [5, 5.41) is 14.6. The van der Waals surface area contributed by atoms with E-state index in [0.717, 1.165) is 31.5 Å². The number of nitrogens with two attached hydrogens (primary N) is 3. The second kappa shape index (κ2) is 11.2. The average molecular weight is 545 g/mol. The molecule has 0 aliphatic carbocycles. The van der Waals surface area contributed by atoms with Crippen molar-refractivity contribution in [2.75, 3.05) is 37.6 Å². The van der Waals surface area contributed by atoms with Crippen LogP contribution in [0.15, 0.2) is 35.3 Å². The second-order valence-electron chi connectivity index (χ2n) is 9.78. The number of halogens is 1. The maximum Gasteiger partial charge on any atom is 0.326 e. The van der Waals surface area contributed by atoms with Gasteiger partial charge in [-0.25, -0.2) is 19.8 Å². The number of rotatable bonds is 8. The Kier molecular flexibility index (Phi) is 7.97. The molecule has 14 heteroatoms. The van der Waals surface area contributed by atoms with Gasteiger partial charge < -0.3 is 32.1 Å². The smallest absolute Gasteiger partial charge is 0.326 e. The van der Waals surface area contributed by atoms with Crippen LogP contribution >= 0.6 is 11.6 Å². The van der Waals surface area contributed by atoms with Crippen molar-refractivity contribution in [1.29, 1.82) is 0 Å². The Morgan fingerprint density at radius 2 is 1.82 bits per heavy atom. The van der Waals surface area contributed by atoms with E-state index in [0.29, 0.717) is 11.0 Å². The lowest BCUT2D eigenvalue weighted by molar-refractivity contribution is -0.936. The number of fused-ring (bicyclic) bond motifs is 3. The third-order valence-corrected chi connectivity index (χ3v) is 7.41. The molecule has 3 aliphatic rings. The Morgan fingerprint density at radius 3 is 2.47 bits per heavy atom. The number of hydrogen-bond acceptors (Lipinski definition) is 8. The summed E-state index contributed by atoms with van der Waals surface area (Å²) in [6.45, 7) is 2.24. The van der Waals surface area contributed by atoms with Crippen LogP contribution in [0.1, 0.15) is 28.9 Å². The zero-order valence-corrected chi connectivity index (χ0v) is 21.4. The molecule has 1 aromatic carbocycles. The van der Waals surface area contributed by atoms with Crippen LogP contribution in [0.5, 0.6) is 0 Å². The highest BCUT2D eigenvalue weighted by molar-refractivity contribution is 6.31. The normalized spacial score (nSPS) is 23.4. The molecular weight excluding hydrogens is 514 g/mol. The van der Waals surface area contributed by atoms with Crippen molar-refractivity contribution < 1.29 is 24.0 Å². The van der Waals surface area contributed by atoms with Crippen molar-refractivity contribution in [2.45, 2.75) is 31.3 Å². The Morgan fingerprint density at radius 1 is 1.13 bits per heavy atom. The summed E-state index contributed by atoms with van der Waals surface area (Å²) in [6, 6.07) is 7.91. The van der Waals surface area contributed by atoms with Crippen LogP contribution in [-0.4, -0.2) is 81.6 Å². The molecule has 202 valence electrons. The number of carboxylic acids is 1. The molecular formula is C24H31ClN9O4+. The first-order valence-corrected chi connectivity index (χ1v) is 12.6. The zero-order chi connectivity index (χ0) is 27.4. The van der Waals surface area contributed by atoms with Gasteiger partial charge in [0, 0.05) is 19.3 Å². The lowest BCUT2D eigenvalue weighted by Gasteiger charge is -2.51. The van der Waals surface area contributed by atoms with E-state index in [9.17, 15) is 19.5 Å². The highest BCUT2D eigenvalue weighted by Crippen LogP contribution is 2.35. The Bertz CT molecular complexity index is 1250. The standard InChI is InChI=1S/C24H30ClN9O4/c25-19-21(27)32-20(26)18(31-19)22(36)33-24(28)30-16-11-34(8-6-14(16)7-9-34)12-17(35)29-15(23(37)38)10-13-4-2-1-3-5-13/h1-5,14-16H,6-12H2,(H8-,26,27,28,29,30,32,33,35,36,37,38)/p+1/t14?,15?,16-,34?/m1/s1. The van der Waals surface area contributed by atoms with Crippen LogP contribution in [0.25, 0.3) is 0 Å². The number of nitrogens with one attached hydrogen (secondary N) is 2. The number of aliphatic carboxylic acids is 1. The summed E-state index contributed by atoms with van der Waals surface area (Å²) in [4.78, 5) is 49.5. The maximum atomic E-state index is 13.0. The molecule has 2 bridgehead atoms. The number of carbonyl (C=O) groups is 3. The molecule has 0 saturated carbocycles. The van der Waals surface area contributed by atoms with Crippen molar-refractivity contribution in [3.63, 3.8) is 0 Å². The van der Waals surface area contributed by atoms with Gasteiger partial charge in [0.1, 0.15) is 18.6 Å². The fourth-order valence-electron chi connectivity index (χ4n) is 5.21. The van der Waals surface area contributed by atoms with E-state index in [1.54, 1.807) is 0 Å². The molecule has 4 heterocycles. The molecule has 0 spiro atoms. The molecule has 2 amide bonds. The van der Waals surface area contributed by atoms with Crippen LogP contribution in [-0.2, 0) is 16.0 Å². The van der Waals surface area contributed by atoms with Gasteiger partial charge in [-0.05, 0) is 11.5 Å². The summed E-state index contributed by atoms with van der Waals surface area (Å²) < 4.78 is 0.474. The molecule has 9 N–H and O–H groups in total. The van der Waals surface area contributed by atoms with Gasteiger partial charge in [0.15, 0.2) is 35.0 Å². The van der Waals surface area contributed by atoms with Crippen LogP contribution in [0.4, 0.5) is 11.6 Å². The van der Waals surface area contributed by atoms with Gasteiger partial charge in [-0.1, -0.05) is 41.9 Å². The summed E-state index contributed by atoms with van der Waals surface area (Å²) >= 11 is 5.85. The van der Waals surface area contributed by atoms with Crippen molar-refractivity contribution >= 4 is 47.0 Å². The Hall–Kier alpha value is -3.97. The predicted molar refractivity (Wildman–Crippen MR) is 141 cm³/mol. The number of anilines is 2. The number of guanidine groups is 1. The zero-order valence-electron chi connectivity index (χ0n) is 20.6. The van der Waals surface area contributed by atoms with E-state index in [2.05, 4.69) is 25.6 Å². The molecule has 0 radical (unpaired) electrons. The van der Waals surface area contributed by atoms with Crippen molar-refractivity contribution in [3.05, 3.63) is 46.7 Å². The van der Waals surface area contributed by atoms with Gasteiger partial charge in [0.25, 0.3) is 11.8 Å². The Balaban J connectivity index is 1.39. The largest absolute Gasteiger partial charge is 0.480 e. The van der Waals surface area contributed by atoms with E-state index in [1.807, 2.05) is 30.3 Å². The fraction of sp³-hybridized carbons (Fsp3) is 0.417. The number of hydrogen-bond donors (Lipinski definition) is 6. The molecule has 1 aromatic heterocycles. The fourth-order valence-corrected chi connectivity index (χ4v) is 5.33. The lowest BCUT2D eigenvalue weighted by atomic mass is 9.82. The van der Waals surface area contributed by atoms with Gasteiger partial charge in [-0.2, -0.15) is 0 Å². The minimum Gasteiger partial charge on any atom is -0.480 e. The number of amides is 2. The number of piperidine rings is 3. The van der Waals surface area contributed by atoms with Crippen molar-refractivity contribution in [3.8, 4) is 0 Å². The van der Waals surface area contributed by atoms with E-state index in [1.165, 1.54) is 0 Å². The van der Waals surface area contributed by atoms with Gasteiger partial charge in [-0.15, -0.1) is 0 Å². The average Bonchev–Trinajstić information content (AvgIpc) is 2.86. The number of benzene rings is 1. The molecule has 13 nitrogen and oxygen atoms in total. The topological polar surface area (TPSA) is 212 Å². The summed E-state index contributed by atoms with van der Waals surface area (Å²) in [5.74, 6) is -2.27. The van der Waals surface area contributed by atoms with E-state index < -0.39 is 17.9 Å². The third-order valence-electron chi connectivity index (χ3n) is 7.13. The number of carboxylic acid groups (broad SMARTS) is 1. The molecule has 2 atom stereocenters. The summed E-state index contributed by atoms with van der Waals surface area (Å²) in [7, 11) is 0. The van der Waals surface area contributed by atoms with Gasteiger partial charge in [0.05, 0.1) is 13.1 Å². The molecule has 3 aliphatic heterocycles. The van der Waals surface area contributed by atoms with Gasteiger partial charge >= 0.3 is 5.97 Å². The maximum absolute atomic E-state index is 13.0. The van der Waals surface area contributed by atoms with Crippen molar-refractivity contribution in [2.24, 2.45) is 16.6 Å². The molecule has 2 aromatic rings. The molecule has 38 heavy (non-hydrogen) atoms. The number of aliphatic imine (C=N–C) groups is 1. The number of carbonyl (C=O) groups excluding carboxylic acids is 2. The minimum absolute atomic E-state index is 0.0950. The van der Waals surface area contributed by atoms with Crippen molar-refractivity contribution in [1.82, 2.24) is 20.6 Å². The predicted octanol–water partition coefficient (Wildman–Crippen LogP) is -0.240. The van der Waals surface area contributed by atoms with Gasteiger partial charge in [0.2, 0.25) is 0 Å². The molecule has 1 unspecified atom stereocenters. The number of aromatic nitrogens is 2. The van der Waals surface area contributed by atoms with E-state index >= 15 is 0 Å². The van der Waals surface area contributed by atoms with Crippen LogP contribution in [0.2, 0.25) is 5.15 Å². The molecule has 5 rings (SSSR count). The van der Waals surface area contributed by atoms with E-state index in [-0.39, 0.29) is 59.3 Å². The first-order valence-electron chi connectivity index (χ1n) is 12.2. The monoisotopic (exact) mass is 544 g/mol. The first-order chi connectivity index (χ1) is 18.0. The summed E-state index contributed by atoms with van der Waals surface area (Å²) in [6.07, 6.45) is 1.86. The Labute approximate surface area is 224 Å². The lowest BCUT2D eigenvalue weighted by Crippen LogP contribution is -2.66. The molecule has 3 fully saturated rings. The van der Waals surface area contributed by atoms with E-state index in [4.69, 9.17) is 28.8 Å². The SMILES string of the molecule is NC(=N[C@@H]1C[N+]2(CC(=O)NC(Cc3ccccc3)C(=O)O)CCC1CC2)NC(=O)c1nc(Cl)c(N)nc1N. The number of quaternary nitrogens is 1. The van der Waals surface area contributed by atoms with Crippen LogP contribution in [0.3, 0.4) is 0 Å². The first kappa shape index (κ1) is 27.1. The third kappa shape index (κ3) is 6.29. The molecule has 3 saturated heterocycles.